The Morgan fingerprint density at radius 3 is 2.64 bits per heavy atom. The van der Waals surface area contributed by atoms with Crippen LogP contribution in [0.1, 0.15) is 29.6 Å². The predicted molar refractivity (Wildman–Crippen MR) is 101 cm³/mol. The number of unbranched alkanes of at least 4 members (excludes halogenated alkanes) is 1. The van der Waals surface area contributed by atoms with Gasteiger partial charge in [-0.15, -0.1) is 0 Å². The number of thioether (sulfide) groups is 1. The number of para-hydroxylation sites is 1. The van der Waals surface area contributed by atoms with Crippen LogP contribution in [0.5, 0.6) is 5.75 Å². The predicted octanol–water partition coefficient (Wildman–Crippen LogP) is 2.09. The number of amides is 2. The van der Waals surface area contributed by atoms with Gasteiger partial charge >= 0.3 is 0 Å². The van der Waals surface area contributed by atoms with Crippen LogP contribution in [-0.4, -0.2) is 57.2 Å². The average molecular weight is 368 g/mol. The molecule has 7 heteroatoms. The Morgan fingerprint density at radius 1 is 1.20 bits per heavy atom. The van der Waals surface area contributed by atoms with E-state index in [1.807, 2.05) is 6.26 Å². The van der Waals surface area contributed by atoms with Crippen LogP contribution >= 0.6 is 11.8 Å². The standard InChI is InChI=1S/C18H28N2O4S/c1-23-12-7-6-11-19-18(22)15(10-13-25-3)20-17(21)14-8-4-5-9-16(14)24-2/h4-5,8-9,15H,6-7,10-13H2,1-3H3,(H,19,22)(H,20,21). The van der Waals surface area contributed by atoms with E-state index in [4.69, 9.17) is 9.47 Å². The molecule has 25 heavy (non-hydrogen) atoms. The zero-order valence-electron chi connectivity index (χ0n) is 15.2. The topological polar surface area (TPSA) is 76.7 Å². The zero-order valence-corrected chi connectivity index (χ0v) is 16.0. The molecule has 0 aromatic heterocycles. The van der Waals surface area contributed by atoms with Gasteiger partial charge in [0.05, 0.1) is 12.7 Å². The molecule has 1 atom stereocenters. The van der Waals surface area contributed by atoms with Crippen molar-refractivity contribution < 1.29 is 19.1 Å². The molecule has 0 radical (unpaired) electrons. The first-order valence-corrected chi connectivity index (χ1v) is 9.72. The minimum Gasteiger partial charge on any atom is -0.496 e. The number of rotatable bonds is 12. The van der Waals surface area contributed by atoms with E-state index in [1.54, 1.807) is 43.1 Å². The van der Waals surface area contributed by atoms with Crippen LogP contribution in [0.15, 0.2) is 24.3 Å². The lowest BCUT2D eigenvalue weighted by molar-refractivity contribution is -0.123. The number of hydrogen-bond donors (Lipinski definition) is 2. The lowest BCUT2D eigenvalue weighted by Gasteiger charge is -2.19. The first kappa shape index (κ1) is 21.3. The van der Waals surface area contributed by atoms with Crippen LogP contribution in [-0.2, 0) is 9.53 Å². The number of methoxy groups -OCH3 is 2. The van der Waals surface area contributed by atoms with Crippen LogP contribution in [0.2, 0.25) is 0 Å². The van der Waals surface area contributed by atoms with Gasteiger partial charge in [-0.1, -0.05) is 12.1 Å². The highest BCUT2D eigenvalue weighted by Gasteiger charge is 2.22. The molecule has 1 aromatic carbocycles. The third-order valence-electron chi connectivity index (χ3n) is 3.66. The van der Waals surface area contributed by atoms with E-state index in [9.17, 15) is 9.59 Å². The van der Waals surface area contributed by atoms with Gasteiger partial charge in [0.1, 0.15) is 11.8 Å². The molecule has 0 spiro atoms. The SMILES string of the molecule is COCCCCNC(=O)C(CCSC)NC(=O)c1ccccc1OC. The molecule has 0 saturated heterocycles. The molecule has 0 aliphatic heterocycles. The molecule has 6 nitrogen and oxygen atoms in total. The molecule has 0 fully saturated rings. The summed E-state index contributed by atoms with van der Waals surface area (Å²) in [6, 6.07) is 6.41. The first-order valence-electron chi connectivity index (χ1n) is 8.33. The fourth-order valence-corrected chi connectivity index (χ4v) is 2.75. The van der Waals surface area contributed by atoms with Gasteiger partial charge in [-0.3, -0.25) is 9.59 Å². The summed E-state index contributed by atoms with van der Waals surface area (Å²) in [5.41, 5.74) is 0.423. The molecule has 2 N–H and O–H groups in total. The molecule has 2 amide bonds. The summed E-state index contributed by atoms with van der Waals surface area (Å²) in [6.07, 6.45) is 4.28. The molecule has 0 aliphatic rings. The number of benzene rings is 1. The van der Waals surface area contributed by atoms with Crippen molar-refractivity contribution in [2.45, 2.75) is 25.3 Å². The third-order valence-corrected chi connectivity index (χ3v) is 4.30. The first-order chi connectivity index (χ1) is 12.1. The summed E-state index contributed by atoms with van der Waals surface area (Å²) in [5, 5.41) is 5.71. The van der Waals surface area contributed by atoms with Gasteiger partial charge in [-0.05, 0) is 43.4 Å². The highest BCUT2D eigenvalue weighted by molar-refractivity contribution is 7.98. The van der Waals surface area contributed by atoms with Gasteiger partial charge in [0.15, 0.2) is 0 Å². The van der Waals surface area contributed by atoms with Gasteiger partial charge in [0, 0.05) is 20.3 Å². The minimum absolute atomic E-state index is 0.158. The van der Waals surface area contributed by atoms with E-state index in [1.165, 1.54) is 7.11 Å². The molecule has 1 unspecified atom stereocenters. The second-order valence-electron chi connectivity index (χ2n) is 5.50. The summed E-state index contributed by atoms with van der Waals surface area (Å²) in [6.45, 7) is 1.25. The number of hydrogen-bond acceptors (Lipinski definition) is 5. The van der Waals surface area contributed by atoms with Crippen LogP contribution in [0.3, 0.4) is 0 Å². The maximum absolute atomic E-state index is 12.5. The quantitative estimate of drug-likeness (QED) is 0.553. The largest absolute Gasteiger partial charge is 0.496 e. The Bertz CT molecular complexity index is 540. The summed E-state index contributed by atoms with van der Waals surface area (Å²) < 4.78 is 10.2. The Hall–Kier alpha value is -1.73. The van der Waals surface area contributed by atoms with Crippen molar-refractivity contribution in [3.8, 4) is 5.75 Å². The van der Waals surface area contributed by atoms with E-state index >= 15 is 0 Å². The molecule has 0 heterocycles. The van der Waals surface area contributed by atoms with E-state index in [2.05, 4.69) is 10.6 Å². The Labute approximate surface area is 154 Å². The van der Waals surface area contributed by atoms with E-state index in [-0.39, 0.29) is 11.8 Å². The highest BCUT2D eigenvalue weighted by atomic mass is 32.2. The number of nitrogens with one attached hydrogen (secondary N) is 2. The van der Waals surface area contributed by atoms with Gasteiger partial charge in [0.2, 0.25) is 5.91 Å². The van der Waals surface area contributed by atoms with Crippen LogP contribution in [0.25, 0.3) is 0 Å². The van der Waals surface area contributed by atoms with Gasteiger partial charge in [0.25, 0.3) is 5.91 Å². The van der Waals surface area contributed by atoms with E-state index in [0.717, 1.165) is 18.6 Å². The van der Waals surface area contributed by atoms with E-state index in [0.29, 0.717) is 30.9 Å². The molecule has 140 valence electrons. The lowest BCUT2D eigenvalue weighted by Crippen LogP contribution is -2.47. The second kappa shape index (κ2) is 12.6. The van der Waals surface area contributed by atoms with Crippen molar-refractivity contribution >= 4 is 23.6 Å². The van der Waals surface area contributed by atoms with Crippen molar-refractivity contribution in [1.82, 2.24) is 10.6 Å². The summed E-state index contributed by atoms with van der Waals surface area (Å²) >= 11 is 1.64. The summed E-state index contributed by atoms with van der Waals surface area (Å²) in [7, 11) is 3.18. The Balaban J connectivity index is 2.64. The number of ether oxygens (including phenoxy) is 2. The van der Waals surface area contributed by atoms with Crippen LogP contribution in [0, 0.1) is 0 Å². The van der Waals surface area contributed by atoms with Crippen molar-refractivity contribution in [2.24, 2.45) is 0 Å². The fourth-order valence-electron chi connectivity index (χ4n) is 2.28. The summed E-state index contributed by atoms with van der Waals surface area (Å²) in [5.74, 6) is 0.810. The smallest absolute Gasteiger partial charge is 0.255 e. The Kier molecular flexibility index (Phi) is 10.7. The maximum Gasteiger partial charge on any atom is 0.255 e. The number of carbonyl (C=O) groups excluding carboxylic acids is 2. The fraction of sp³-hybridized carbons (Fsp3) is 0.556. The van der Waals surface area contributed by atoms with Gasteiger partial charge in [-0.25, -0.2) is 0 Å². The molecular weight excluding hydrogens is 340 g/mol. The maximum atomic E-state index is 12.5. The monoisotopic (exact) mass is 368 g/mol. The van der Waals surface area contributed by atoms with Crippen LogP contribution in [0.4, 0.5) is 0 Å². The second-order valence-corrected chi connectivity index (χ2v) is 6.48. The van der Waals surface area contributed by atoms with Gasteiger partial charge in [-0.2, -0.15) is 11.8 Å². The van der Waals surface area contributed by atoms with Crippen molar-refractivity contribution in [2.75, 3.05) is 39.4 Å². The van der Waals surface area contributed by atoms with Crippen molar-refractivity contribution in [1.29, 1.82) is 0 Å². The molecular formula is C18H28N2O4S. The highest BCUT2D eigenvalue weighted by Crippen LogP contribution is 2.17. The molecule has 1 rings (SSSR count). The molecule has 0 bridgehead atoms. The minimum atomic E-state index is -0.563. The van der Waals surface area contributed by atoms with E-state index < -0.39 is 6.04 Å². The normalized spacial score (nSPS) is 11.6. The average Bonchev–Trinajstić information content (AvgIpc) is 2.64. The lowest BCUT2D eigenvalue weighted by atomic mass is 10.1. The van der Waals surface area contributed by atoms with Crippen molar-refractivity contribution in [3.05, 3.63) is 29.8 Å². The molecule has 1 aromatic rings. The summed E-state index contributed by atoms with van der Waals surface area (Å²) in [4.78, 5) is 24.9. The van der Waals surface area contributed by atoms with Crippen LogP contribution < -0.4 is 15.4 Å². The van der Waals surface area contributed by atoms with Crippen molar-refractivity contribution in [3.63, 3.8) is 0 Å². The molecule has 0 aliphatic carbocycles. The number of carbonyl (C=O) groups is 2. The Morgan fingerprint density at radius 2 is 1.96 bits per heavy atom. The zero-order chi connectivity index (χ0) is 18.5. The molecule has 0 saturated carbocycles. The van der Waals surface area contributed by atoms with Gasteiger partial charge < -0.3 is 20.1 Å². The third kappa shape index (κ3) is 7.79.